The molecule has 0 unspecified atom stereocenters. The second-order valence-electron chi connectivity index (χ2n) is 6.53. The van der Waals surface area contributed by atoms with Gasteiger partial charge in [0, 0.05) is 0 Å². The molecule has 0 saturated carbocycles. The lowest BCUT2D eigenvalue weighted by Crippen LogP contribution is -2.08. The van der Waals surface area contributed by atoms with E-state index in [1.807, 2.05) is 0 Å². The molecule has 0 N–H and O–H groups in total. The van der Waals surface area contributed by atoms with Gasteiger partial charge in [-0.05, 0) is 41.4 Å². The van der Waals surface area contributed by atoms with Crippen LogP contribution in [0.1, 0.15) is 52.7 Å². The number of rotatable bonds is 3. The molecule has 0 radical (unpaired) electrons. The van der Waals surface area contributed by atoms with Crippen LogP contribution in [-0.4, -0.2) is 0 Å². The maximum Gasteiger partial charge on any atom is -0.0230 e. The molecular formula is C17H26. The Bertz CT molecular complexity index is 371. The Kier molecular flexibility index (Phi) is 4.56. The lowest BCUT2D eigenvalue weighted by molar-refractivity contribution is 0.411. The van der Waals surface area contributed by atoms with Gasteiger partial charge in [0.15, 0.2) is 0 Å². The largest absolute Gasteiger partial charge is 0.0784 e. The summed E-state index contributed by atoms with van der Waals surface area (Å²) >= 11 is 0. The van der Waals surface area contributed by atoms with E-state index in [4.69, 9.17) is 0 Å². The molecule has 17 heavy (non-hydrogen) atoms. The average molecular weight is 230 g/mol. The van der Waals surface area contributed by atoms with Crippen molar-refractivity contribution < 1.29 is 0 Å². The normalized spacial score (nSPS) is 13.2. The van der Waals surface area contributed by atoms with E-state index in [0.717, 1.165) is 6.42 Å². The van der Waals surface area contributed by atoms with E-state index in [1.165, 1.54) is 16.7 Å². The van der Waals surface area contributed by atoms with Crippen molar-refractivity contribution in [3.63, 3.8) is 0 Å². The van der Waals surface area contributed by atoms with Crippen molar-refractivity contribution in [1.29, 1.82) is 0 Å². The summed E-state index contributed by atoms with van der Waals surface area (Å²) in [5.41, 5.74) is 4.52. The third-order valence-corrected chi connectivity index (χ3v) is 2.73. The lowest BCUT2D eigenvalue weighted by Gasteiger charge is -2.18. The van der Waals surface area contributed by atoms with Gasteiger partial charge in [0.25, 0.3) is 0 Å². The molecule has 0 atom stereocenters. The zero-order valence-electron chi connectivity index (χ0n) is 12.2. The van der Waals surface area contributed by atoms with E-state index < -0.39 is 0 Å². The van der Waals surface area contributed by atoms with Crippen molar-refractivity contribution in [3.05, 3.63) is 41.5 Å². The molecule has 0 amide bonds. The topological polar surface area (TPSA) is 0 Å². The first-order valence-electron chi connectivity index (χ1n) is 6.56. The molecule has 94 valence electrons. The Hall–Kier alpha value is -1.04. The van der Waals surface area contributed by atoms with Crippen LogP contribution < -0.4 is 0 Å². The van der Waals surface area contributed by atoms with E-state index in [1.54, 1.807) is 0 Å². The van der Waals surface area contributed by atoms with Gasteiger partial charge in [-0.2, -0.15) is 0 Å². The number of benzene rings is 1. The fourth-order valence-corrected chi connectivity index (χ4v) is 2.09. The van der Waals surface area contributed by atoms with Gasteiger partial charge in [-0.15, -0.1) is 0 Å². The molecule has 0 spiro atoms. The highest BCUT2D eigenvalue weighted by molar-refractivity contribution is 5.63. The molecule has 1 aromatic rings. The Balaban J connectivity index is 2.82. The van der Waals surface area contributed by atoms with Crippen LogP contribution in [0.2, 0.25) is 0 Å². The summed E-state index contributed by atoms with van der Waals surface area (Å²) in [7, 11) is 0. The molecule has 0 nitrogen and oxygen atoms in total. The van der Waals surface area contributed by atoms with E-state index >= 15 is 0 Å². The van der Waals surface area contributed by atoms with Crippen molar-refractivity contribution in [2.75, 3.05) is 0 Å². The smallest absolute Gasteiger partial charge is 0.0230 e. The highest BCUT2D eigenvalue weighted by Gasteiger charge is 2.10. The summed E-state index contributed by atoms with van der Waals surface area (Å²) in [6.07, 6.45) is 3.46. The van der Waals surface area contributed by atoms with Gasteiger partial charge in [-0.25, -0.2) is 0 Å². The number of allylic oxidation sites excluding steroid dienone is 2. The third kappa shape index (κ3) is 5.21. The van der Waals surface area contributed by atoms with Gasteiger partial charge in [0.05, 0.1) is 0 Å². The second-order valence-corrected chi connectivity index (χ2v) is 6.53. The molecule has 0 heterocycles. The Morgan fingerprint density at radius 2 is 1.65 bits per heavy atom. The van der Waals surface area contributed by atoms with Crippen LogP contribution >= 0.6 is 0 Å². The van der Waals surface area contributed by atoms with Crippen LogP contribution in [-0.2, 0) is 6.42 Å². The average Bonchev–Trinajstić information content (AvgIpc) is 2.15. The summed E-state index contributed by atoms with van der Waals surface area (Å²) in [4.78, 5) is 0. The Morgan fingerprint density at radius 1 is 1.12 bits per heavy atom. The first-order valence-corrected chi connectivity index (χ1v) is 6.56. The molecule has 0 bridgehead atoms. The summed E-state index contributed by atoms with van der Waals surface area (Å²) in [5.74, 6) is 0.615. The monoisotopic (exact) mass is 230 g/mol. The molecule has 1 rings (SSSR count). The van der Waals surface area contributed by atoms with E-state index in [-0.39, 0.29) is 0 Å². The van der Waals surface area contributed by atoms with E-state index in [9.17, 15) is 0 Å². The van der Waals surface area contributed by atoms with E-state index in [2.05, 4.69) is 71.9 Å². The maximum atomic E-state index is 2.32. The molecule has 0 aromatic heterocycles. The van der Waals surface area contributed by atoms with Gasteiger partial charge < -0.3 is 0 Å². The second kappa shape index (κ2) is 5.53. The van der Waals surface area contributed by atoms with Crippen molar-refractivity contribution in [3.8, 4) is 0 Å². The molecule has 0 aliphatic carbocycles. The minimum Gasteiger partial charge on any atom is -0.0784 e. The molecule has 1 aromatic carbocycles. The van der Waals surface area contributed by atoms with Gasteiger partial charge in [0.2, 0.25) is 0 Å². The zero-order chi connectivity index (χ0) is 13.1. The summed E-state index contributed by atoms with van der Waals surface area (Å²) in [5, 5.41) is 0. The van der Waals surface area contributed by atoms with Crippen LogP contribution in [0.5, 0.6) is 0 Å². The predicted molar refractivity (Wildman–Crippen MR) is 78.1 cm³/mol. The minimum absolute atomic E-state index is 0.365. The van der Waals surface area contributed by atoms with Crippen molar-refractivity contribution in [2.45, 2.75) is 48.0 Å². The van der Waals surface area contributed by atoms with Gasteiger partial charge in [-0.1, -0.05) is 65.0 Å². The van der Waals surface area contributed by atoms with Crippen LogP contribution in [0.3, 0.4) is 0 Å². The molecule has 0 saturated heterocycles. The molecule has 0 heteroatoms. The summed E-state index contributed by atoms with van der Waals surface area (Å²) in [6, 6.07) is 9.01. The predicted octanol–water partition coefficient (Wildman–Crippen LogP) is 5.33. The Morgan fingerprint density at radius 3 is 2.06 bits per heavy atom. The minimum atomic E-state index is 0.365. The Labute approximate surface area is 107 Å². The van der Waals surface area contributed by atoms with Crippen molar-refractivity contribution in [2.24, 2.45) is 11.3 Å². The number of hydrogen-bond donors (Lipinski definition) is 0. The van der Waals surface area contributed by atoms with Crippen molar-refractivity contribution in [1.82, 2.24) is 0 Å². The van der Waals surface area contributed by atoms with Crippen LogP contribution in [0.15, 0.2) is 30.3 Å². The van der Waals surface area contributed by atoms with Gasteiger partial charge in [0.1, 0.15) is 0 Å². The lowest BCUT2D eigenvalue weighted by atomic mass is 9.87. The van der Waals surface area contributed by atoms with Gasteiger partial charge >= 0.3 is 0 Å². The van der Waals surface area contributed by atoms with E-state index in [0.29, 0.717) is 11.3 Å². The molecular weight excluding hydrogens is 204 g/mol. The highest BCUT2D eigenvalue weighted by atomic mass is 14.2. The number of hydrogen-bond acceptors (Lipinski definition) is 0. The SMILES string of the molecule is C/C(=C\C(C)C)c1ccc(CC(C)(C)C)cc1. The van der Waals surface area contributed by atoms with Crippen LogP contribution in [0.25, 0.3) is 5.57 Å². The zero-order valence-corrected chi connectivity index (χ0v) is 12.2. The maximum absolute atomic E-state index is 2.32. The van der Waals surface area contributed by atoms with Crippen LogP contribution in [0, 0.1) is 11.3 Å². The highest BCUT2D eigenvalue weighted by Crippen LogP contribution is 2.22. The molecule has 0 aliphatic rings. The van der Waals surface area contributed by atoms with Crippen LogP contribution in [0.4, 0.5) is 0 Å². The summed E-state index contributed by atoms with van der Waals surface area (Å²) < 4.78 is 0. The summed E-state index contributed by atoms with van der Waals surface area (Å²) in [6.45, 7) is 13.5. The van der Waals surface area contributed by atoms with Gasteiger partial charge in [-0.3, -0.25) is 0 Å². The molecule has 0 fully saturated rings. The standard InChI is InChI=1S/C17H26/c1-13(2)11-14(3)16-9-7-15(8-10-16)12-17(4,5)6/h7-11,13H,12H2,1-6H3/b14-11+. The van der Waals surface area contributed by atoms with Crippen molar-refractivity contribution >= 4 is 5.57 Å². The fraction of sp³-hybridized carbons (Fsp3) is 0.529. The third-order valence-electron chi connectivity index (χ3n) is 2.73. The fourth-order valence-electron chi connectivity index (χ4n) is 2.09. The molecule has 0 aliphatic heterocycles. The first kappa shape index (κ1) is 14.0. The quantitative estimate of drug-likeness (QED) is 0.658. The first-order chi connectivity index (χ1) is 7.78.